The van der Waals surface area contributed by atoms with Crippen LogP contribution < -0.4 is 10.1 Å². The zero-order chi connectivity index (χ0) is 16.8. The number of hydrogen-bond acceptors (Lipinski definition) is 4. The fourth-order valence-corrected chi connectivity index (χ4v) is 2.24. The molecule has 2 aromatic carbocycles. The van der Waals surface area contributed by atoms with Crippen LogP contribution in [0.4, 0.5) is 5.69 Å². The molecule has 0 aliphatic carbocycles. The Morgan fingerprint density at radius 2 is 1.88 bits per heavy atom. The van der Waals surface area contributed by atoms with Gasteiger partial charge < -0.3 is 10.1 Å². The maximum Gasteiger partial charge on any atom is 0.248 e. The third-order valence-electron chi connectivity index (χ3n) is 3.32. The minimum atomic E-state index is -0.253. The molecule has 0 bridgehead atoms. The Bertz CT molecular complexity index is 890. The number of carbonyl (C=O) groups is 1. The second-order valence-corrected chi connectivity index (χ2v) is 5.04. The summed E-state index contributed by atoms with van der Waals surface area (Å²) in [5.74, 6) is 0.393. The first-order chi connectivity index (χ1) is 11.8. The third-order valence-corrected chi connectivity index (χ3v) is 3.32. The lowest BCUT2D eigenvalue weighted by molar-refractivity contribution is -0.111. The first-order valence-electron chi connectivity index (χ1n) is 7.69. The maximum absolute atomic E-state index is 12.1. The Hall–Kier alpha value is -3.21. The molecule has 0 aliphatic rings. The van der Waals surface area contributed by atoms with E-state index in [9.17, 15) is 4.79 Å². The van der Waals surface area contributed by atoms with Crippen molar-refractivity contribution in [2.75, 3.05) is 11.9 Å². The molecule has 5 heteroatoms. The molecule has 3 aromatic rings. The van der Waals surface area contributed by atoms with E-state index in [0.717, 1.165) is 11.0 Å². The number of carbonyl (C=O) groups excluding carboxylic acids is 1. The van der Waals surface area contributed by atoms with Crippen LogP contribution in [0.2, 0.25) is 0 Å². The summed E-state index contributed by atoms with van der Waals surface area (Å²) in [6, 6.07) is 14.9. The summed E-state index contributed by atoms with van der Waals surface area (Å²) in [4.78, 5) is 20.9. The van der Waals surface area contributed by atoms with Crippen molar-refractivity contribution >= 4 is 28.7 Å². The van der Waals surface area contributed by atoms with Crippen LogP contribution in [0.5, 0.6) is 5.75 Å². The van der Waals surface area contributed by atoms with Crippen LogP contribution in [-0.2, 0) is 4.79 Å². The summed E-state index contributed by atoms with van der Waals surface area (Å²) in [6.07, 6.45) is 4.71. The fourth-order valence-electron chi connectivity index (χ4n) is 2.24. The van der Waals surface area contributed by atoms with Gasteiger partial charge in [0.15, 0.2) is 0 Å². The second-order valence-electron chi connectivity index (χ2n) is 5.04. The van der Waals surface area contributed by atoms with Gasteiger partial charge >= 0.3 is 0 Å². The normalized spacial score (nSPS) is 10.9. The van der Waals surface area contributed by atoms with E-state index in [1.54, 1.807) is 18.3 Å². The Kier molecular flexibility index (Phi) is 4.81. The van der Waals surface area contributed by atoms with E-state index in [1.165, 1.54) is 6.08 Å². The zero-order valence-electron chi connectivity index (χ0n) is 13.3. The lowest BCUT2D eigenvalue weighted by Gasteiger charge is -2.09. The van der Waals surface area contributed by atoms with Crippen LogP contribution >= 0.6 is 0 Å². The van der Waals surface area contributed by atoms with Crippen LogP contribution in [0.1, 0.15) is 12.6 Å². The third kappa shape index (κ3) is 3.76. The number of nitrogens with one attached hydrogen (secondary N) is 1. The minimum Gasteiger partial charge on any atom is -0.492 e. The van der Waals surface area contributed by atoms with Crippen molar-refractivity contribution in [1.82, 2.24) is 9.97 Å². The lowest BCUT2D eigenvalue weighted by Crippen LogP contribution is -2.09. The highest BCUT2D eigenvalue weighted by atomic mass is 16.5. The Balaban J connectivity index is 1.73. The molecule has 3 rings (SSSR count). The predicted molar refractivity (Wildman–Crippen MR) is 94.8 cm³/mol. The lowest BCUT2D eigenvalue weighted by atomic mass is 10.2. The monoisotopic (exact) mass is 319 g/mol. The number of nitrogens with zero attached hydrogens (tertiary/aromatic N) is 2. The summed E-state index contributed by atoms with van der Waals surface area (Å²) < 4.78 is 5.49. The van der Waals surface area contributed by atoms with Crippen LogP contribution in [-0.4, -0.2) is 22.5 Å². The van der Waals surface area contributed by atoms with E-state index in [2.05, 4.69) is 15.3 Å². The molecule has 0 saturated heterocycles. The second kappa shape index (κ2) is 7.37. The standard InChI is InChI=1S/C19H17N3O2/c1-2-24-18-10-6-5-9-17(18)22-19(23)12-11-14-13-20-15-7-3-4-8-16(15)21-14/h3-13H,2H2,1H3,(H,22,23)/b12-11+. The van der Waals surface area contributed by atoms with Gasteiger partial charge in [-0.05, 0) is 37.3 Å². The average Bonchev–Trinajstić information content (AvgIpc) is 2.62. The van der Waals surface area contributed by atoms with Crippen LogP contribution in [0.25, 0.3) is 17.1 Å². The number of para-hydroxylation sites is 4. The number of benzene rings is 2. The zero-order valence-corrected chi connectivity index (χ0v) is 13.3. The van der Waals surface area contributed by atoms with Crippen LogP contribution in [0.15, 0.2) is 60.8 Å². The van der Waals surface area contributed by atoms with Crippen molar-refractivity contribution in [3.05, 3.63) is 66.5 Å². The first-order valence-corrected chi connectivity index (χ1v) is 7.69. The van der Waals surface area contributed by atoms with Gasteiger partial charge in [0.1, 0.15) is 5.75 Å². The maximum atomic E-state index is 12.1. The summed E-state index contributed by atoms with van der Waals surface area (Å²) in [7, 11) is 0. The average molecular weight is 319 g/mol. The van der Waals surface area contributed by atoms with Gasteiger partial charge in [-0.2, -0.15) is 0 Å². The molecule has 1 amide bonds. The van der Waals surface area contributed by atoms with Crippen molar-refractivity contribution in [2.24, 2.45) is 0 Å². The minimum absolute atomic E-state index is 0.253. The van der Waals surface area contributed by atoms with E-state index < -0.39 is 0 Å². The quantitative estimate of drug-likeness (QED) is 0.729. The molecule has 0 saturated carbocycles. The first kappa shape index (κ1) is 15.7. The molecule has 24 heavy (non-hydrogen) atoms. The Labute approximate surface area is 140 Å². The van der Waals surface area contributed by atoms with Gasteiger partial charge in [-0.25, -0.2) is 4.98 Å². The van der Waals surface area contributed by atoms with E-state index in [-0.39, 0.29) is 5.91 Å². The summed E-state index contributed by atoms with van der Waals surface area (Å²) >= 11 is 0. The Morgan fingerprint density at radius 1 is 1.12 bits per heavy atom. The molecule has 1 N–H and O–H groups in total. The molecular weight excluding hydrogens is 302 g/mol. The van der Waals surface area contributed by atoms with Crippen molar-refractivity contribution < 1.29 is 9.53 Å². The number of anilines is 1. The number of hydrogen-bond donors (Lipinski definition) is 1. The highest BCUT2D eigenvalue weighted by Gasteiger charge is 2.05. The van der Waals surface area contributed by atoms with Gasteiger partial charge in [0.2, 0.25) is 5.91 Å². The molecular formula is C19H17N3O2. The van der Waals surface area contributed by atoms with Crippen molar-refractivity contribution in [3.63, 3.8) is 0 Å². The van der Waals surface area contributed by atoms with E-state index in [4.69, 9.17) is 4.74 Å². The predicted octanol–water partition coefficient (Wildman–Crippen LogP) is 3.68. The van der Waals surface area contributed by atoms with Gasteiger partial charge in [-0.3, -0.25) is 9.78 Å². The van der Waals surface area contributed by atoms with Gasteiger partial charge in [0, 0.05) is 6.08 Å². The summed E-state index contributed by atoms with van der Waals surface area (Å²) in [6.45, 7) is 2.44. The molecule has 0 radical (unpaired) electrons. The molecule has 1 heterocycles. The van der Waals surface area contributed by atoms with Crippen molar-refractivity contribution in [3.8, 4) is 5.75 Å². The van der Waals surface area contributed by atoms with E-state index >= 15 is 0 Å². The van der Waals surface area contributed by atoms with Gasteiger partial charge in [0.05, 0.1) is 35.2 Å². The van der Waals surface area contributed by atoms with E-state index in [1.807, 2.05) is 49.4 Å². The van der Waals surface area contributed by atoms with Crippen LogP contribution in [0.3, 0.4) is 0 Å². The largest absolute Gasteiger partial charge is 0.492 e. The number of ether oxygens (including phenoxy) is 1. The topological polar surface area (TPSA) is 64.1 Å². The van der Waals surface area contributed by atoms with Gasteiger partial charge in [0.25, 0.3) is 0 Å². The molecule has 5 nitrogen and oxygen atoms in total. The Morgan fingerprint density at radius 3 is 2.71 bits per heavy atom. The molecule has 0 aliphatic heterocycles. The molecule has 0 unspecified atom stereocenters. The van der Waals surface area contributed by atoms with Gasteiger partial charge in [-0.1, -0.05) is 24.3 Å². The molecule has 0 spiro atoms. The summed E-state index contributed by atoms with van der Waals surface area (Å²) in [5.41, 5.74) is 2.88. The molecule has 120 valence electrons. The van der Waals surface area contributed by atoms with Crippen LogP contribution in [0, 0.1) is 0 Å². The molecule has 1 aromatic heterocycles. The molecule has 0 atom stereocenters. The number of rotatable bonds is 5. The number of aromatic nitrogens is 2. The highest BCUT2D eigenvalue weighted by molar-refractivity contribution is 6.02. The molecule has 0 fully saturated rings. The van der Waals surface area contributed by atoms with Gasteiger partial charge in [-0.15, -0.1) is 0 Å². The fraction of sp³-hybridized carbons (Fsp3) is 0.105. The summed E-state index contributed by atoms with van der Waals surface area (Å²) in [5, 5.41) is 2.80. The number of amides is 1. The highest BCUT2D eigenvalue weighted by Crippen LogP contribution is 2.23. The SMILES string of the molecule is CCOc1ccccc1NC(=O)/C=C/c1cnc2ccccc2n1. The van der Waals surface area contributed by atoms with Crippen molar-refractivity contribution in [1.29, 1.82) is 0 Å². The number of fused-ring (bicyclic) bond motifs is 1. The van der Waals surface area contributed by atoms with Crippen molar-refractivity contribution in [2.45, 2.75) is 6.92 Å². The smallest absolute Gasteiger partial charge is 0.248 e. The van der Waals surface area contributed by atoms with E-state index in [0.29, 0.717) is 23.7 Å².